The number of amides is 1. The van der Waals surface area contributed by atoms with Gasteiger partial charge in [-0.05, 0) is 51.4 Å². The lowest BCUT2D eigenvalue weighted by molar-refractivity contribution is -0.147. The summed E-state index contributed by atoms with van der Waals surface area (Å²) in [7, 11) is -4.44. The third kappa shape index (κ3) is 42.2. The predicted octanol–water partition coefficient (Wildman–Crippen LogP) is 11.7. The largest absolute Gasteiger partial charge is 0.472 e. The number of unbranched alkanes of at least 4 members (excludes halogenated alkanes) is 12. The zero-order valence-electron chi connectivity index (χ0n) is 34.3. The van der Waals surface area contributed by atoms with E-state index in [2.05, 4.69) is 86.0 Å². The first-order valence-electron chi connectivity index (χ1n) is 21.1. The van der Waals surface area contributed by atoms with Gasteiger partial charge in [0.05, 0.1) is 13.2 Å². The molecule has 55 heavy (non-hydrogen) atoms. The van der Waals surface area contributed by atoms with Crippen LogP contribution >= 0.6 is 7.82 Å². The number of aliphatic hydroxyl groups excluding tert-OH is 1. The Labute approximate surface area is 334 Å². The van der Waals surface area contributed by atoms with Gasteiger partial charge in [0.1, 0.15) is 12.7 Å². The predicted molar refractivity (Wildman–Crippen MR) is 229 cm³/mol. The monoisotopic (exact) mass is 790 g/mol. The van der Waals surface area contributed by atoms with Crippen molar-refractivity contribution in [1.82, 2.24) is 5.32 Å². The lowest BCUT2D eigenvalue weighted by atomic mass is 10.0. The van der Waals surface area contributed by atoms with Crippen LogP contribution in [0.2, 0.25) is 0 Å². The maximum absolute atomic E-state index is 12.1. The highest BCUT2D eigenvalue weighted by atomic mass is 31.2. The van der Waals surface area contributed by atoms with E-state index in [9.17, 15) is 24.2 Å². The molecule has 0 aliphatic carbocycles. The summed E-state index contributed by atoms with van der Waals surface area (Å²) in [6.07, 6.45) is 51.1. The van der Waals surface area contributed by atoms with Gasteiger partial charge in [-0.3, -0.25) is 18.6 Å². The molecule has 0 spiro atoms. The average molecular weight is 790 g/mol. The Kier molecular flexibility index (Phi) is 38.8. The fraction of sp³-hybridized carbons (Fsp3) is 0.644. The molecule has 1 amide bonds. The second-order valence-corrected chi connectivity index (χ2v) is 15.1. The van der Waals surface area contributed by atoms with Crippen LogP contribution in [0.3, 0.4) is 0 Å². The molecule has 0 aromatic carbocycles. The summed E-state index contributed by atoms with van der Waals surface area (Å²) in [5.74, 6) is -0.655. The lowest BCUT2D eigenvalue weighted by Crippen LogP contribution is -2.26. The zero-order chi connectivity index (χ0) is 40.3. The van der Waals surface area contributed by atoms with Gasteiger partial charge in [-0.25, -0.2) is 4.57 Å². The first kappa shape index (κ1) is 52.2. The molecule has 0 heterocycles. The maximum Gasteiger partial charge on any atom is 0.472 e. The first-order valence-corrected chi connectivity index (χ1v) is 22.6. The molecule has 0 saturated carbocycles. The molecule has 2 unspecified atom stereocenters. The topological polar surface area (TPSA) is 131 Å². The van der Waals surface area contributed by atoms with Gasteiger partial charge < -0.3 is 20.1 Å². The summed E-state index contributed by atoms with van der Waals surface area (Å²) < 4.78 is 26.8. The fourth-order valence-electron chi connectivity index (χ4n) is 5.22. The molecule has 0 aromatic rings. The van der Waals surface area contributed by atoms with Gasteiger partial charge in [0.15, 0.2) is 0 Å². The third-order valence-electron chi connectivity index (χ3n) is 8.37. The van der Waals surface area contributed by atoms with E-state index in [1.165, 1.54) is 64.2 Å². The van der Waals surface area contributed by atoms with Gasteiger partial charge in [-0.1, -0.05) is 176 Å². The van der Waals surface area contributed by atoms with E-state index in [1.807, 2.05) is 12.2 Å². The molecule has 0 aliphatic rings. The highest BCUT2D eigenvalue weighted by Crippen LogP contribution is 2.42. The van der Waals surface area contributed by atoms with Crippen LogP contribution in [-0.4, -0.2) is 54.3 Å². The van der Waals surface area contributed by atoms with Crippen molar-refractivity contribution >= 4 is 19.7 Å². The number of rotatable bonds is 38. The standard InChI is InChI=1S/C45H76NO8P/c1-3-5-7-9-11-13-15-17-18-19-20-21-22-23-24-26-27-29-31-33-35-37-44(48)46-39-40-53-55(50,51)54-42-43(47)41-52-45(49)38-36-34-32-30-28-25-16-14-12-10-8-6-4-2/h5,7,11,13,17-18,20-21,23-24,27,29,33,35,43,47H,3-4,6,8-10,12,14-16,19,22,25-26,28,30-32,34,36-42H2,1-2H3,(H,46,48)(H,50,51)/b7-5-,13-11-,18-17-,21-20-,24-23-,29-27-,35-33-. The number of allylic oxidation sites excluding steroid dienone is 13. The molecule has 0 radical (unpaired) electrons. The molecule has 0 rings (SSSR count). The molecule has 0 saturated heterocycles. The highest BCUT2D eigenvalue weighted by Gasteiger charge is 2.23. The molecular formula is C45H76NO8P. The van der Waals surface area contributed by atoms with Crippen molar-refractivity contribution in [2.45, 2.75) is 161 Å². The minimum Gasteiger partial charge on any atom is -0.463 e. The molecule has 9 nitrogen and oxygen atoms in total. The van der Waals surface area contributed by atoms with Crippen molar-refractivity contribution in [3.8, 4) is 0 Å². The SMILES string of the molecule is CC/C=C\C/C=C\C/C=C\C/C=C\C/C=C\C/C=C\C/C=C\CC(=O)NCCOP(=O)(O)OCC(O)COC(=O)CCCCCCCCCCCCCCC. The summed E-state index contributed by atoms with van der Waals surface area (Å²) in [4.78, 5) is 33.8. The van der Waals surface area contributed by atoms with Crippen molar-refractivity contribution in [1.29, 1.82) is 0 Å². The number of hydrogen-bond donors (Lipinski definition) is 3. The van der Waals surface area contributed by atoms with Crippen LogP contribution in [0, 0.1) is 0 Å². The van der Waals surface area contributed by atoms with Crippen molar-refractivity contribution in [3.63, 3.8) is 0 Å². The van der Waals surface area contributed by atoms with E-state index in [1.54, 1.807) is 6.08 Å². The number of aliphatic hydroxyl groups is 1. The smallest absolute Gasteiger partial charge is 0.463 e. The number of nitrogens with one attached hydrogen (secondary N) is 1. The van der Waals surface area contributed by atoms with E-state index in [0.717, 1.165) is 64.2 Å². The van der Waals surface area contributed by atoms with Crippen molar-refractivity contribution in [2.24, 2.45) is 0 Å². The molecule has 0 bridgehead atoms. The van der Waals surface area contributed by atoms with Crippen molar-refractivity contribution in [3.05, 3.63) is 85.1 Å². The Bertz CT molecular complexity index is 1170. The maximum atomic E-state index is 12.1. The summed E-state index contributed by atoms with van der Waals surface area (Å²) in [6, 6.07) is 0. The second-order valence-electron chi connectivity index (χ2n) is 13.6. The van der Waals surface area contributed by atoms with Crippen molar-refractivity contribution in [2.75, 3.05) is 26.4 Å². The average Bonchev–Trinajstić information content (AvgIpc) is 3.17. The summed E-state index contributed by atoms with van der Waals surface area (Å²) in [6.45, 7) is 3.29. The number of hydrogen-bond acceptors (Lipinski definition) is 7. The van der Waals surface area contributed by atoms with Gasteiger partial charge in [-0.2, -0.15) is 0 Å². The molecule has 314 valence electrons. The fourth-order valence-corrected chi connectivity index (χ4v) is 5.98. The number of ether oxygens (including phenoxy) is 1. The summed E-state index contributed by atoms with van der Waals surface area (Å²) >= 11 is 0. The lowest BCUT2D eigenvalue weighted by Gasteiger charge is -2.15. The minimum atomic E-state index is -4.44. The Hall–Kier alpha value is -2.81. The molecule has 0 aromatic heterocycles. The van der Waals surface area contributed by atoms with E-state index >= 15 is 0 Å². The Morgan fingerprint density at radius 1 is 0.582 bits per heavy atom. The Morgan fingerprint density at radius 3 is 1.45 bits per heavy atom. The third-order valence-corrected chi connectivity index (χ3v) is 9.35. The van der Waals surface area contributed by atoms with E-state index in [4.69, 9.17) is 13.8 Å². The second kappa shape index (κ2) is 40.8. The molecule has 3 N–H and O–H groups in total. The molecule has 0 fully saturated rings. The number of phosphoric acid groups is 1. The Morgan fingerprint density at radius 2 is 1.00 bits per heavy atom. The van der Waals surface area contributed by atoms with Gasteiger partial charge in [0, 0.05) is 19.4 Å². The minimum absolute atomic E-state index is 0.0209. The van der Waals surface area contributed by atoms with E-state index in [0.29, 0.717) is 0 Å². The normalized spacial score (nSPS) is 14.2. The number of esters is 1. The molecule has 10 heteroatoms. The van der Waals surface area contributed by atoms with Crippen LogP contribution in [-0.2, 0) is 27.9 Å². The van der Waals surface area contributed by atoms with Crippen LogP contribution in [0.5, 0.6) is 0 Å². The van der Waals surface area contributed by atoms with Crippen LogP contribution in [0.4, 0.5) is 0 Å². The van der Waals surface area contributed by atoms with E-state index < -0.39 is 26.5 Å². The molecule has 0 aliphatic heterocycles. The quantitative estimate of drug-likeness (QED) is 0.0244. The number of carbonyl (C=O) groups excluding carboxylic acids is 2. The van der Waals surface area contributed by atoms with Crippen LogP contribution in [0.25, 0.3) is 0 Å². The first-order chi connectivity index (χ1) is 26.8. The zero-order valence-corrected chi connectivity index (χ0v) is 35.2. The number of phosphoric ester groups is 1. The van der Waals surface area contributed by atoms with Crippen LogP contribution in [0.1, 0.15) is 155 Å². The molecular weight excluding hydrogens is 713 g/mol. The molecule has 2 atom stereocenters. The van der Waals surface area contributed by atoms with Gasteiger partial charge >= 0.3 is 13.8 Å². The van der Waals surface area contributed by atoms with Gasteiger partial charge in [-0.15, -0.1) is 0 Å². The van der Waals surface area contributed by atoms with E-state index in [-0.39, 0.29) is 38.5 Å². The highest BCUT2D eigenvalue weighted by molar-refractivity contribution is 7.47. The summed E-state index contributed by atoms with van der Waals surface area (Å²) in [5, 5.41) is 12.6. The Balaban J connectivity index is 3.76. The van der Waals surface area contributed by atoms with Crippen LogP contribution < -0.4 is 5.32 Å². The number of carbonyl (C=O) groups is 2. The van der Waals surface area contributed by atoms with Gasteiger partial charge in [0.2, 0.25) is 5.91 Å². The van der Waals surface area contributed by atoms with Crippen LogP contribution in [0.15, 0.2) is 85.1 Å². The summed E-state index contributed by atoms with van der Waals surface area (Å²) in [5.41, 5.74) is 0. The van der Waals surface area contributed by atoms with Crippen molar-refractivity contribution < 1.29 is 37.9 Å². The van der Waals surface area contributed by atoms with Gasteiger partial charge in [0.25, 0.3) is 0 Å².